The zero-order valence-corrected chi connectivity index (χ0v) is 15.6. The molecule has 2 fully saturated rings. The summed E-state index contributed by atoms with van der Waals surface area (Å²) in [6.07, 6.45) is 4.59. The summed E-state index contributed by atoms with van der Waals surface area (Å²) in [5.41, 5.74) is 0.952. The second-order valence-electron chi connectivity index (χ2n) is 7.25. The molecular weight excluding hydrogens is 351 g/mol. The second-order valence-corrected chi connectivity index (χ2v) is 8.17. The van der Waals surface area contributed by atoms with Crippen LogP contribution in [0.1, 0.15) is 40.9 Å². The van der Waals surface area contributed by atoms with E-state index in [4.69, 9.17) is 4.74 Å². The molecule has 0 saturated carbocycles. The maximum atomic E-state index is 12.9. The minimum absolute atomic E-state index is 0.0111. The summed E-state index contributed by atoms with van der Waals surface area (Å²) in [5, 5.41) is 5.15. The number of amides is 1. The predicted molar refractivity (Wildman–Crippen MR) is 100 cm³/mol. The van der Waals surface area contributed by atoms with Crippen LogP contribution in [0.15, 0.2) is 35.7 Å². The van der Waals surface area contributed by atoms with Crippen LogP contribution in [0.4, 0.5) is 4.39 Å². The third kappa shape index (κ3) is 3.76. The van der Waals surface area contributed by atoms with Crippen molar-refractivity contribution < 1.29 is 13.9 Å². The van der Waals surface area contributed by atoms with Crippen LogP contribution >= 0.6 is 11.3 Å². The minimum Gasteiger partial charge on any atom is -0.489 e. The molecular formula is C20H23FN2O2S. The van der Waals surface area contributed by atoms with E-state index in [2.05, 4.69) is 17.3 Å². The van der Waals surface area contributed by atoms with Crippen LogP contribution in [0.5, 0.6) is 5.75 Å². The first kappa shape index (κ1) is 17.5. The number of piperidine rings is 1. The topological polar surface area (TPSA) is 41.6 Å². The van der Waals surface area contributed by atoms with Crippen molar-refractivity contribution >= 4 is 17.2 Å². The van der Waals surface area contributed by atoms with Crippen LogP contribution < -0.4 is 10.1 Å². The van der Waals surface area contributed by atoms with Gasteiger partial charge in [0.1, 0.15) is 18.2 Å². The van der Waals surface area contributed by atoms with E-state index in [1.807, 2.05) is 11.4 Å². The number of rotatable bonds is 5. The van der Waals surface area contributed by atoms with Crippen molar-refractivity contribution in [2.45, 2.75) is 50.4 Å². The average molecular weight is 374 g/mol. The summed E-state index contributed by atoms with van der Waals surface area (Å²) in [4.78, 5) is 15.7. The van der Waals surface area contributed by atoms with E-state index in [1.165, 1.54) is 36.3 Å². The lowest BCUT2D eigenvalue weighted by Gasteiger charge is -2.36. The number of hydrogen-bond donors (Lipinski definition) is 1. The molecule has 2 bridgehead atoms. The van der Waals surface area contributed by atoms with Gasteiger partial charge in [0, 0.05) is 23.7 Å². The second kappa shape index (κ2) is 7.37. The summed E-state index contributed by atoms with van der Waals surface area (Å²) in [6, 6.07) is 9.33. The molecule has 0 aliphatic carbocycles. The molecule has 26 heavy (non-hydrogen) atoms. The Labute approximate surface area is 157 Å². The monoisotopic (exact) mass is 374 g/mol. The molecule has 4 rings (SSSR count). The van der Waals surface area contributed by atoms with Gasteiger partial charge in [-0.2, -0.15) is 0 Å². The third-order valence-electron chi connectivity index (χ3n) is 5.53. The summed E-state index contributed by atoms with van der Waals surface area (Å²) in [7, 11) is 2.20. The first-order valence-corrected chi connectivity index (χ1v) is 9.95. The normalized spacial score (nSPS) is 25.2. The van der Waals surface area contributed by atoms with Crippen molar-refractivity contribution in [3.8, 4) is 5.75 Å². The van der Waals surface area contributed by atoms with Crippen LogP contribution in [0.25, 0.3) is 0 Å². The van der Waals surface area contributed by atoms with Crippen LogP contribution in [0.3, 0.4) is 0 Å². The Hall–Kier alpha value is -1.92. The molecule has 3 heterocycles. The number of carbonyl (C=O) groups excluding carboxylic acids is 1. The Kier molecular flexibility index (Phi) is 4.96. The van der Waals surface area contributed by atoms with Crippen molar-refractivity contribution in [3.63, 3.8) is 0 Å². The standard InChI is InChI=1S/C20H23FN2O2S/c1-23-16-4-5-17(23)10-15(9-16)22-20(24)19-8-13(12-26-19)11-25-18-6-2-14(21)3-7-18/h2-3,6-8,12,15-17H,4-5,9-11H2,1H3,(H,22,24). The van der Waals surface area contributed by atoms with Crippen molar-refractivity contribution in [2.24, 2.45) is 0 Å². The van der Waals surface area contributed by atoms with Gasteiger partial charge >= 0.3 is 0 Å². The quantitative estimate of drug-likeness (QED) is 0.865. The molecule has 138 valence electrons. The fourth-order valence-electron chi connectivity index (χ4n) is 4.05. The van der Waals surface area contributed by atoms with Crippen LogP contribution in [-0.2, 0) is 6.61 Å². The molecule has 2 aromatic rings. The molecule has 1 amide bonds. The smallest absolute Gasteiger partial charge is 0.261 e. The van der Waals surface area contributed by atoms with E-state index >= 15 is 0 Å². The highest BCUT2D eigenvalue weighted by Gasteiger charge is 2.38. The first-order valence-electron chi connectivity index (χ1n) is 9.07. The molecule has 4 nitrogen and oxygen atoms in total. The Morgan fingerprint density at radius 3 is 2.65 bits per heavy atom. The van der Waals surface area contributed by atoms with Crippen molar-refractivity contribution in [1.82, 2.24) is 10.2 Å². The van der Waals surface area contributed by atoms with Gasteiger partial charge in [0.15, 0.2) is 0 Å². The van der Waals surface area contributed by atoms with Gasteiger partial charge in [0.2, 0.25) is 0 Å². The Morgan fingerprint density at radius 2 is 1.96 bits per heavy atom. The number of thiophene rings is 1. The number of ether oxygens (including phenoxy) is 1. The van der Waals surface area contributed by atoms with Gasteiger partial charge in [-0.1, -0.05) is 0 Å². The molecule has 2 atom stereocenters. The lowest BCUT2D eigenvalue weighted by atomic mass is 9.98. The van der Waals surface area contributed by atoms with Crippen LogP contribution in [0, 0.1) is 5.82 Å². The predicted octanol–water partition coefficient (Wildman–Crippen LogP) is 3.82. The van der Waals surface area contributed by atoms with E-state index in [-0.39, 0.29) is 17.8 Å². The SMILES string of the molecule is CN1C2CCC1CC(NC(=O)c1cc(COc3ccc(F)cc3)cs1)C2. The summed E-state index contributed by atoms with van der Waals surface area (Å²) < 4.78 is 18.5. The van der Waals surface area contributed by atoms with Gasteiger partial charge in [-0.05, 0) is 68.4 Å². The van der Waals surface area contributed by atoms with Gasteiger partial charge in [0.05, 0.1) is 4.88 Å². The molecule has 0 spiro atoms. The highest BCUT2D eigenvalue weighted by Crippen LogP contribution is 2.34. The molecule has 1 aromatic carbocycles. The Balaban J connectivity index is 1.31. The van der Waals surface area contributed by atoms with E-state index in [0.717, 1.165) is 18.4 Å². The van der Waals surface area contributed by atoms with E-state index in [1.54, 1.807) is 12.1 Å². The van der Waals surface area contributed by atoms with Gasteiger partial charge in [-0.15, -0.1) is 11.3 Å². The summed E-state index contributed by atoms with van der Waals surface area (Å²) in [6.45, 7) is 0.369. The van der Waals surface area contributed by atoms with Gasteiger partial charge in [0.25, 0.3) is 5.91 Å². The van der Waals surface area contributed by atoms with Crippen molar-refractivity contribution in [3.05, 3.63) is 52.0 Å². The molecule has 2 saturated heterocycles. The fraction of sp³-hybridized carbons (Fsp3) is 0.450. The van der Waals surface area contributed by atoms with Crippen molar-refractivity contribution in [1.29, 1.82) is 0 Å². The summed E-state index contributed by atoms with van der Waals surface area (Å²) in [5.74, 6) is 0.344. The number of benzene rings is 1. The van der Waals surface area contributed by atoms with Gasteiger partial charge < -0.3 is 15.0 Å². The van der Waals surface area contributed by atoms with Gasteiger partial charge in [-0.25, -0.2) is 4.39 Å². The number of carbonyl (C=O) groups is 1. The molecule has 2 unspecified atom stereocenters. The lowest BCUT2D eigenvalue weighted by Crippen LogP contribution is -2.48. The number of nitrogens with zero attached hydrogens (tertiary/aromatic N) is 1. The van der Waals surface area contributed by atoms with Gasteiger partial charge in [-0.3, -0.25) is 4.79 Å². The molecule has 2 aliphatic heterocycles. The molecule has 1 N–H and O–H groups in total. The van der Waals surface area contributed by atoms with E-state index < -0.39 is 0 Å². The van der Waals surface area contributed by atoms with E-state index in [0.29, 0.717) is 29.3 Å². The maximum absolute atomic E-state index is 12.9. The largest absolute Gasteiger partial charge is 0.489 e. The molecule has 6 heteroatoms. The number of fused-ring (bicyclic) bond motifs is 2. The third-order valence-corrected chi connectivity index (χ3v) is 6.51. The molecule has 2 aliphatic rings. The molecule has 0 radical (unpaired) electrons. The maximum Gasteiger partial charge on any atom is 0.261 e. The first-order chi connectivity index (χ1) is 12.6. The highest BCUT2D eigenvalue weighted by molar-refractivity contribution is 7.12. The van der Waals surface area contributed by atoms with Crippen LogP contribution in [0.2, 0.25) is 0 Å². The average Bonchev–Trinajstić information content (AvgIpc) is 3.17. The minimum atomic E-state index is -0.283. The summed E-state index contributed by atoms with van der Waals surface area (Å²) >= 11 is 1.44. The Morgan fingerprint density at radius 1 is 1.27 bits per heavy atom. The number of hydrogen-bond acceptors (Lipinski definition) is 4. The fourth-order valence-corrected chi connectivity index (χ4v) is 4.85. The zero-order valence-electron chi connectivity index (χ0n) is 14.8. The Bertz CT molecular complexity index is 762. The highest BCUT2D eigenvalue weighted by atomic mass is 32.1. The van der Waals surface area contributed by atoms with Crippen LogP contribution in [-0.4, -0.2) is 36.0 Å². The lowest BCUT2D eigenvalue weighted by molar-refractivity contribution is 0.0886. The zero-order chi connectivity index (χ0) is 18.1. The number of halogens is 1. The number of nitrogens with one attached hydrogen (secondary N) is 1. The van der Waals surface area contributed by atoms with E-state index in [9.17, 15) is 9.18 Å². The molecule has 1 aromatic heterocycles. The van der Waals surface area contributed by atoms with Crippen molar-refractivity contribution in [2.75, 3.05) is 7.05 Å².